The monoisotopic (exact) mass is 447 g/mol. The molecule has 0 spiro atoms. The van der Waals surface area contributed by atoms with Crippen molar-refractivity contribution in [3.05, 3.63) is 51.8 Å². The van der Waals surface area contributed by atoms with E-state index < -0.39 is 0 Å². The molecule has 7 heteroatoms. The Morgan fingerprint density at radius 1 is 1.23 bits per heavy atom. The van der Waals surface area contributed by atoms with Gasteiger partial charge in [0.2, 0.25) is 0 Å². The van der Waals surface area contributed by atoms with Crippen molar-refractivity contribution < 1.29 is 4.79 Å². The second-order valence-electron chi connectivity index (χ2n) is 6.27. The Balaban J connectivity index is 1.35. The summed E-state index contributed by atoms with van der Waals surface area (Å²) in [5, 5.41) is 11.9. The smallest absolute Gasteiger partial charge is 0.191 e. The molecule has 1 fully saturated rings. The van der Waals surface area contributed by atoms with E-state index in [0.29, 0.717) is 12.5 Å². The minimum Gasteiger partial charge on any atom is -0.298 e. The van der Waals surface area contributed by atoms with Crippen LogP contribution in [0, 0.1) is 0 Å². The summed E-state index contributed by atoms with van der Waals surface area (Å²) in [5.74, 6) is 2.05. The second kappa shape index (κ2) is 8.06. The number of halogens is 1. The van der Waals surface area contributed by atoms with Crippen LogP contribution in [0.15, 0.2) is 51.4 Å². The molecule has 0 bridgehead atoms. The van der Waals surface area contributed by atoms with Gasteiger partial charge in [-0.25, -0.2) is 0 Å². The molecule has 2 aromatic heterocycles. The molecule has 1 aromatic carbocycles. The highest BCUT2D eigenvalue weighted by molar-refractivity contribution is 9.10. The fraction of sp³-hybridized carbons (Fsp3) is 0.316. The van der Waals surface area contributed by atoms with Crippen molar-refractivity contribution in [1.29, 1.82) is 0 Å². The predicted molar refractivity (Wildman–Crippen MR) is 110 cm³/mol. The first-order chi connectivity index (χ1) is 12.7. The average Bonchev–Trinajstić information content (AvgIpc) is 3.17. The molecule has 4 nitrogen and oxygen atoms in total. The van der Waals surface area contributed by atoms with Crippen molar-refractivity contribution >= 4 is 44.8 Å². The van der Waals surface area contributed by atoms with Crippen molar-refractivity contribution in [2.24, 2.45) is 0 Å². The number of benzene rings is 1. The van der Waals surface area contributed by atoms with E-state index in [9.17, 15) is 4.79 Å². The topological polar surface area (TPSA) is 47.8 Å². The summed E-state index contributed by atoms with van der Waals surface area (Å²) in [7, 11) is 0. The molecule has 26 heavy (non-hydrogen) atoms. The minimum absolute atomic E-state index is 0.195. The number of Topliss-reactive ketones (excluding diaryl/α,β-unsaturated/α-hetero) is 1. The largest absolute Gasteiger partial charge is 0.298 e. The number of ketones is 1. The number of aromatic nitrogens is 3. The highest BCUT2D eigenvalue weighted by atomic mass is 79.9. The maximum atomic E-state index is 12.3. The zero-order valence-electron chi connectivity index (χ0n) is 14.1. The molecule has 0 radical (unpaired) electrons. The molecule has 2 heterocycles. The van der Waals surface area contributed by atoms with Crippen molar-refractivity contribution in [3.8, 4) is 10.7 Å². The number of thioether (sulfide) groups is 1. The summed E-state index contributed by atoms with van der Waals surface area (Å²) in [5.41, 5.74) is 0.777. The molecule has 1 saturated carbocycles. The maximum Gasteiger partial charge on any atom is 0.191 e. The van der Waals surface area contributed by atoms with Crippen molar-refractivity contribution in [3.63, 3.8) is 0 Å². The molecule has 0 atom stereocenters. The van der Waals surface area contributed by atoms with Gasteiger partial charge in [0, 0.05) is 28.3 Å². The van der Waals surface area contributed by atoms with Gasteiger partial charge in [-0.15, -0.1) is 21.5 Å². The van der Waals surface area contributed by atoms with Crippen molar-refractivity contribution in [2.75, 3.05) is 5.75 Å². The normalized spacial score (nSPS) is 13.9. The molecule has 4 rings (SSSR count). The Kier molecular flexibility index (Phi) is 5.57. The molecule has 0 unspecified atom stereocenters. The van der Waals surface area contributed by atoms with Gasteiger partial charge in [0.1, 0.15) is 0 Å². The Morgan fingerprint density at radius 2 is 2.04 bits per heavy atom. The van der Waals surface area contributed by atoms with Crippen LogP contribution >= 0.6 is 39.0 Å². The standard InChI is InChI=1S/C19H18BrN3OS2/c20-14-7-5-13(6-8-14)16(24)3-1-12-26-19-22-21-18(17-4-2-11-25-17)23(19)15-9-10-15/h2,4-8,11,15H,1,3,9-10,12H2. The van der Waals surface area contributed by atoms with Crippen LogP contribution in [0.4, 0.5) is 0 Å². The zero-order valence-corrected chi connectivity index (χ0v) is 17.3. The van der Waals surface area contributed by atoms with E-state index in [1.165, 1.54) is 17.7 Å². The van der Waals surface area contributed by atoms with Gasteiger partial charge < -0.3 is 0 Å². The van der Waals surface area contributed by atoms with Crippen LogP contribution in [0.5, 0.6) is 0 Å². The van der Waals surface area contributed by atoms with Gasteiger partial charge in [-0.3, -0.25) is 9.36 Å². The van der Waals surface area contributed by atoms with Crippen molar-refractivity contribution in [2.45, 2.75) is 36.9 Å². The third kappa shape index (κ3) is 4.10. The van der Waals surface area contributed by atoms with E-state index in [-0.39, 0.29) is 5.78 Å². The lowest BCUT2D eigenvalue weighted by atomic mass is 10.1. The van der Waals surface area contributed by atoms with Gasteiger partial charge in [0.05, 0.1) is 4.88 Å². The van der Waals surface area contributed by atoms with Crippen LogP contribution in [0.1, 0.15) is 42.1 Å². The van der Waals surface area contributed by atoms with E-state index in [1.807, 2.05) is 30.3 Å². The summed E-state index contributed by atoms with van der Waals surface area (Å²) in [4.78, 5) is 13.4. The summed E-state index contributed by atoms with van der Waals surface area (Å²) in [6.45, 7) is 0. The lowest BCUT2D eigenvalue weighted by Crippen LogP contribution is -2.01. The molecule has 1 aliphatic rings. The quantitative estimate of drug-likeness (QED) is 0.246. The Labute approximate surface area is 169 Å². The first kappa shape index (κ1) is 17.9. The van der Waals surface area contributed by atoms with E-state index in [1.54, 1.807) is 23.1 Å². The first-order valence-corrected chi connectivity index (χ1v) is 11.3. The van der Waals surface area contributed by atoms with Crippen LogP contribution in [-0.2, 0) is 0 Å². The fourth-order valence-electron chi connectivity index (χ4n) is 2.79. The summed E-state index contributed by atoms with van der Waals surface area (Å²) >= 11 is 6.80. The average molecular weight is 448 g/mol. The van der Waals surface area contributed by atoms with E-state index >= 15 is 0 Å². The number of carbonyl (C=O) groups is 1. The number of thiophene rings is 1. The van der Waals surface area contributed by atoms with Gasteiger partial charge in [-0.05, 0) is 42.8 Å². The Hall–Kier alpha value is -1.44. The maximum absolute atomic E-state index is 12.3. The summed E-state index contributed by atoms with van der Waals surface area (Å²) in [6, 6.07) is 12.2. The molecule has 134 valence electrons. The number of hydrogen-bond donors (Lipinski definition) is 0. The van der Waals surface area contributed by atoms with Crippen LogP contribution < -0.4 is 0 Å². The Bertz CT molecular complexity index is 886. The third-order valence-corrected chi connectivity index (χ3v) is 6.69. The van der Waals surface area contributed by atoms with Gasteiger partial charge in [-0.1, -0.05) is 45.9 Å². The molecular weight excluding hydrogens is 430 g/mol. The molecule has 3 aromatic rings. The highest BCUT2D eigenvalue weighted by Crippen LogP contribution is 2.41. The molecular formula is C19H18BrN3OS2. The number of rotatable bonds is 8. The third-order valence-electron chi connectivity index (χ3n) is 4.26. The molecule has 0 N–H and O–H groups in total. The minimum atomic E-state index is 0.195. The van der Waals surface area contributed by atoms with Crippen LogP contribution in [-0.4, -0.2) is 26.3 Å². The van der Waals surface area contributed by atoms with Gasteiger partial charge in [-0.2, -0.15) is 0 Å². The van der Waals surface area contributed by atoms with Gasteiger partial charge in [0.25, 0.3) is 0 Å². The lowest BCUT2D eigenvalue weighted by molar-refractivity contribution is 0.0982. The highest BCUT2D eigenvalue weighted by Gasteiger charge is 2.30. The number of carbonyl (C=O) groups excluding carboxylic acids is 1. The molecule has 1 aliphatic carbocycles. The fourth-order valence-corrected chi connectivity index (χ4v) is 4.70. The van der Waals surface area contributed by atoms with Crippen molar-refractivity contribution in [1.82, 2.24) is 14.8 Å². The van der Waals surface area contributed by atoms with Gasteiger partial charge >= 0.3 is 0 Å². The lowest BCUT2D eigenvalue weighted by Gasteiger charge is -2.07. The molecule has 0 saturated heterocycles. The van der Waals surface area contributed by atoms with Crippen LogP contribution in [0.25, 0.3) is 10.7 Å². The van der Waals surface area contributed by atoms with Gasteiger partial charge in [0.15, 0.2) is 16.8 Å². The summed E-state index contributed by atoms with van der Waals surface area (Å²) < 4.78 is 3.28. The van der Waals surface area contributed by atoms with E-state index in [0.717, 1.165) is 33.2 Å². The molecule has 0 aliphatic heterocycles. The van der Waals surface area contributed by atoms with E-state index in [4.69, 9.17) is 0 Å². The van der Waals surface area contributed by atoms with Crippen LogP contribution in [0.2, 0.25) is 0 Å². The molecule has 0 amide bonds. The predicted octanol–water partition coefficient (Wildman–Crippen LogP) is 5.86. The SMILES string of the molecule is O=C(CCCSc1nnc(-c2cccs2)n1C1CC1)c1ccc(Br)cc1. The second-order valence-corrected chi connectivity index (χ2v) is 9.19. The number of hydrogen-bond acceptors (Lipinski definition) is 5. The number of nitrogens with zero attached hydrogens (tertiary/aromatic N) is 3. The first-order valence-electron chi connectivity index (χ1n) is 8.63. The zero-order chi connectivity index (χ0) is 17.9. The van der Waals surface area contributed by atoms with E-state index in [2.05, 4.69) is 42.1 Å². The Morgan fingerprint density at radius 3 is 2.73 bits per heavy atom. The summed E-state index contributed by atoms with van der Waals surface area (Å²) in [6.07, 6.45) is 3.80. The van der Waals surface area contributed by atoms with Crippen LogP contribution in [0.3, 0.4) is 0 Å².